The largest absolute Gasteiger partial charge is 0.457 e. The van der Waals surface area contributed by atoms with Crippen molar-refractivity contribution in [2.45, 2.75) is 238 Å². The van der Waals surface area contributed by atoms with E-state index in [4.69, 9.17) is 9.47 Å². The fraction of sp³-hybridized carbons (Fsp3) is 0.784. The number of aliphatic hydroxyl groups is 1. The van der Waals surface area contributed by atoms with Crippen molar-refractivity contribution in [2.24, 2.45) is 0 Å². The molecule has 4 heteroatoms. The first kappa shape index (κ1) is 53.1. The third-order valence-electron chi connectivity index (χ3n) is 10.4. The van der Waals surface area contributed by atoms with Gasteiger partial charge >= 0.3 is 5.97 Å². The van der Waals surface area contributed by atoms with Gasteiger partial charge < -0.3 is 14.6 Å². The average molecular weight is 769 g/mol. The minimum atomic E-state index is -0.543. The number of unbranched alkanes of at least 4 members (excludes halogenated alkanes) is 26. The van der Waals surface area contributed by atoms with Crippen molar-refractivity contribution in [3.63, 3.8) is 0 Å². The van der Waals surface area contributed by atoms with E-state index < -0.39 is 6.10 Å². The van der Waals surface area contributed by atoms with Crippen LogP contribution < -0.4 is 0 Å². The molecule has 0 amide bonds. The number of aliphatic hydroxyl groups excluding tert-OH is 1. The molecule has 320 valence electrons. The highest BCUT2D eigenvalue weighted by molar-refractivity contribution is 5.69. The molecule has 0 fully saturated rings. The second-order valence-corrected chi connectivity index (χ2v) is 15.8. The van der Waals surface area contributed by atoms with Crippen molar-refractivity contribution in [3.8, 4) is 0 Å². The Balaban J connectivity index is 3.44. The third-order valence-corrected chi connectivity index (χ3v) is 10.4. The van der Waals surface area contributed by atoms with Crippen molar-refractivity contribution in [1.82, 2.24) is 0 Å². The van der Waals surface area contributed by atoms with E-state index in [0.717, 1.165) is 64.2 Å². The monoisotopic (exact) mass is 769 g/mol. The van der Waals surface area contributed by atoms with Crippen molar-refractivity contribution in [3.05, 3.63) is 60.8 Å². The van der Waals surface area contributed by atoms with Crippen LogP contribution in [0.4, 0.5) is 0 Å². The molecule has 0 rings (SSSR count). The van der Waals surface area contributed by atoms with Gasteiger partial charge in [0.15, 0.2) is 0 Å². The summed E-state index contributed by atoms with van der Waals surface area (Å²) in [4.78, 5) is 12.2. The summed E-state index contributed by atoms with van der Waals surface area (Å²) in [5.41, 5.74) is 0. The van der Waals surface area contributed by atoms with Crippen LogP contribution in [-0.4, -0.2) is 37.0 Å². The lowest BCUT2D eigenvalue weighted by Crippen LogP contribution is -2.27. The number of rotatable bonds is 44. The van der Waals surface area contributed by atoms with Gasteiger partial charge in [-0.3, -0.25) is 4.79 Å². The predicted octanol–water partition coefficient (Wildman–Crippen LogP) is 16.0. The molecule has 0 aliphatic heterocycles. The smallest absolute Gasteiger partial charge is 0.306 e. The summed E-state index contributed by atoms with van der Waals surface area (Å²) in [5.74, 6) is -0.204. The number of carbonyl (C=O) groups excluding carboxylic acids is 1. The quantitative estimate of drug-likeness (QED) is 0.0381. The van der Waals surface area contributed by atoms with E-state index in [1.165, 1.54) is 148 Å². The molecule has 55 heavy (non-hydrogen) atoms. The maximum Gasteiger partial charge on any atom is 0.306 e. The zero-order valence-corrected chi connectivity index (χ0v) is 36.7. The first-order valence-corrected chi connectivity index (χ1v) is 23.9. The summed E-state index contributed by atoms with van der Waals surface area (Å²) in [6.07, 6.45) is 64.4. The maximum atomic E-state index is 12.2. The van der Waals surface area contributed by atoms with Crippen molar-refractivity contribution < 1.29 is 19.4 Å². The molecule has 0 aliphatic rings. The van der Waals surface area contributed by atoms with Gasteiger partial charge in [0.2, 0.25) is 0 Å². The molecule has 4 nitrogen and oxygen atoms in total. The molecule has 0 saturated carbocycles. The van der Waals surface area contributed by atoms with Crippen molar-refractivity contribution in [1.29, 1.82) is 0 Å². The molecule has 0 aliphatic carbocycles. The van der Waals surface area contributed by atoms with Crippen LogP contribution in [0.5, 0.6) is 0 Å². The fourth-order valence-electron chi connectivity index (χ4n) is 6.83. The lowest BCUT2D eigenvalue weighted by atomic mass is 10.0. The molecule has 0 aromatic heterocycles. The van der Waals surface area contributed by atoms with Crippen LogP contribution in [0, 0.1) is 0 Å². The minimum Gasteiger partial charge on any atom is -0.457 e. The minimum absolute atomic E-state index is 0.178. The maximum absolute atomic E-state index is 12.2. The van der Waals surface area contributed by atoms with E-state index >= 15 is 0 Å². The summed E-state index contributed by atoms with van der Waals surface area (Å²) >= 11 is 0. The van der Waals surface area contributed by atoms with Crippen LogP contribution in [0.15, 0.2) is 60.8 Å². The molecule has 0 radical (unpaired) electrons. The average Bonchev–Trinajstić information content (AvgIpc) is 3.19. The summed E-state index contributed by atoms with van der Waals surface area (Å²) in [6, 6.07) is 0. The van der Waals surface area contributed by atoms with Gasteiger partial charge in [0.25, 0.3) is 0 Å². The van der Waals surface area contributed by atoms with Gasteiger partial charge in [-0.2, -0.15) is 0 Å². The number of esters is 1. The summed E-state index contributed by atoms with van der Waals surface area (Å²) in [6.45, 7) is 5.23. The van der Waals surface area contributed by atoms with Crippen LogP contribution in [0.3, 0.4) is 0 Å². The highest BCUT2D eigenvalue weighted by atomic mass is 16.6. The van der Waals surface area contributed by atoms with Crippen LogP contribution in [0.25, 0.3) is 0 Å². The summed E-state index contributed by atoms with van der Waals surface area (Å²) in [7, 11) is 0. The summed E-state index contributed by atoms with van der Waals surface area (Å²) < 4.78 is 11.2. The Labute approximate surface area is 343 Å². The third kappa shape index (κ3) is 46.4. The van der Waals surface area contributed by atoms with Gasteiger partial charge in [0, 0.05) is 13.0 Å². The normalized spacial score (nSPS) is 12.9. The van der Waals surface area contributed by atoms with E-state index in [1.54, 1.807) is 0 Å². The Morgan fingerprint density at radius 3 is 1.24 bits per heavy atom. The molecule has 0 aromatic rings. The van der Waals surface area contributed by atoms with Gasteiger partial charge in [-0.05, 0) is 57.8 Å². The van der Waals surface area contributed by atoms with Gasteiger partial charge in [0.05, 0.1) is 13.2 Å². The van der Waals surface area contributed by atoms with Crippen LogP contribution >= 0.6 is 0 Å². The molecule has 0 aromatic carbocycles. The standard InChI is InChI=1S/C51H92O4/c1-3-5-7-9-11-13-15-17-19-21-23-25-27-29-31-33-35-37-39-41-43-45-47-54-49-50(48-52)55-51(53)46-44-42-40-38-36-34-32-30-28-26-24-22-20-18-16-14-12-10-8-6-4-2/h5,7,11,13,17,19,23,25,29,31,50,52H,3-4,6,8-10,12,14-16,18,20-22,24,26-28,30,32-49H2,1-2H3/b7-5-,13-11-,19-17-,25-23-,31-29-. The van der Waals surface area contributed by atoms with E-state index in [1.807, 2.05) is 0 Å². The first-order valence-electron chi connectivity index (χ1n) is 23.9. The van der Waals surface area contributed by atoms with E-state index in [-0.39, 0.29) is 19.2 Å². The van der Waals surface area contributed by atoms with E-state index in [2.05, 4.69) is 74.6 Å². The van der Waals surface area contributed by atoms with Crippen molar-refractivity contribution in [2.75, 3.05) is 19.8 Å². The fourth-order valence-corrected chi connectivity index (χ4v) is 6.83. The molecular formula is C51H92O4. The Bertz CT molecular complexity index is 900. The van der Waals surface area contributed by atoms with Gasteiger partial charge in [-0.1, -0.05) is 229 Å². The van der Waals surface area contributed by atoms with Gasteiger partial charge in [-0.15, -0.1) is 0 Å². The van der Waals surface area contributed by atoms with Gasteiger partial charge in [0.1, 0.15) is 6.10 Å². The lowest BCUT2D eigenvalue weighted by Gasteiger charge is -2.15. The first-order chi connectivity index (χ1) is 27.2. The molecular weight excluding hydrogens is 677 g/mol. The molecule has 1 atom stereocenters. The zero-order valence-electron chi connectivity index (χ0n) is 36.7. The van der Waals surface area contributed by atoms with Crippen LogP contribution in [0.2, 0.25) is 0 Å². The molecule has 0 bridgehead atoms. The SMILES string of the molecule is CC/C=C\C/C=C\C/C=C\C/C=C\C/C=C\CCCCCCCCOCC(CO)OC(=O)CCCCCCCCCCCCCCCCCCCCCCC. The highest BCUT2D eigenvalue weighted by Crippen LogP contribution is 2.16. The predicted molar refractivity (Wildman–Crippen MR) is 242 cm³/mol. The topological polar surface area (TPSA) is 55.8 Å². The summed E-state index contributed by atoms with van der Waals surface area (Å²) in [5, 5.41) is 9.63. The second-order valence-electron chi connectivity index (χ2n) is 15.8. The molecule has 0 heterocycles. The Morgan fingerprint density at radius 1 is 0.455 bits per heavy atom. The molecule has 1 unspecified atom stereocenters. The number of allylic oxidation sites excluding steroid dienone is 10. The van der Waals surface area contributed by atoms with Crippen molar-refractivity contribution >= 4 is 5.97 Å². The Morgan fingerprint density at radius 2 is 0.818 bits per heavy atom. The Hall–Kier alpha value is -1.91. The van der Waals surface area contributed by atoms with Gasteiger partial charge in [-0.25, -0.2) is 0 Å². The Kier molecular flexibility index (Phi) is 46.6. The zero-order chi connectivity index (χ0) is 39.8. The molecule has 0 saturated heterocycles. The van der Waals surface area contributed by atoms with Crippen LogP contribution in [0.1, 0.15) is 232 Å². The number of hydrogen-bond acceptors (Lipinski definition) is 4. The van der Waals surface area contributed by atoms with E-state index in [9.17, 15) is 9.90 Å². The molecule has 1 N–H and O–H groups in total. The lowest BCUT2D eigenvalue weighted by molar-refractivity contribution is -0.154. The molecule has 0 spiro atoms. The highest BCUT2D eigenvalue weighted by Gasteiger charge is 2.13. The van der Waals surface area contributed by atoms with Crippen LogP contribution in [-0.2, 0) is 14.3 Å². The van der Waals surface area contributed by atoms with E-state index in [0.29, 0.717) is 13.0 Å². The number of carbonyl (C=O) groups is 1. The number of ether oxygens (including phenoxy) is 2. The second kappa shape index (κ2) is 48.2. The number of hydrogen-bond donors (Lipinski definition) is 1.